The number of hydrogen-bond acceptors (Lipinski definition) is 6. The van der Waals surface area contributed by atoms with Gasteiger partial charge in [0.2, 0.25) is 5.75 Å². The van der Waals surface area contributed by atoms with Gasteiger partial charge in [0.15, 0.2) is 6.04 Å². The van der Waals surface area contributed by atoms with Crippen LogP contribution < -0.4 is 10.1 Å². The first-order chi connectivity index (χ1) is 9.92. The van der Waals surface area contributed by atoms with Crippen molar-refractivity contribution in [2.75, 3.05) is 13.2 Å². The lowest BCUT2D eigenvalue weighted by atomic mass is 10.1. The molecule has 114 valence electrons. The molecule has 0 aliphatic rings. The third-order valence-corrected chi connectivity index (χ3v) is 2.51. The number of aliphatic hydroxyl groups is 1. The monoisotopic (exact) mass is 298 g/mol. The Labute approximate surface area is 119 Å². The third kappa shape index (κ3) is 3.89. The van der Waals surface area contributed by atoms with Gasteiger partial charge in [-0.2, -0.15) is 0 Å². The summed E-state index contributed by atoms with van der Waals surface area (Å²) in [6.45, 7) is 0.875. The average molecular weight is 298 g/mol. The molecule has 1 amide bonds. The van der Waals surface area contributed by atoms with E-state index in [1.807, 2.05) is 0 Å². The van der Waals surface area contributed by atoms with Gasteiger partial charge in [0.25, 0.3) is 5.91 Å². The largest absolute Gasteiger partial charge is 0.487 e. The summed E-state index contributed by atoms with van der Waals surface area (Å²) in [7, 11) is 0. The van der Waals surface area contributed by atoms with E-state index < -0.39 is 35.1 Å². The zero-order valence-electron chi connectivity index (χ0n) is 11.1. The maximum Gasteiger partial charge on any atom is 0.328 e. The highest BCUT2D eigenvalue weighted by atomic mass is 16.6. The second kappa shape index (κ2) is 7.20. The first-order valence-electron chi connectivity index (χ1n) is 5.97. The normalized spacial score (nSPS) is 11.5. The van der Waals surface area contributed by atoms with Crippen LogP contribution in [0.1, 0.15) is 17.3 Å². The minimum atomic E-state index is -1.51. The minimum Gasteiger partial charge on any atom is -0.487 e. The van der Waals surface area contributed by atoms with E-state index in [9.17, 15) is 19.7 Å². The van der Waals surface area contributed by atoms with Crippen LogP contribution in [0.4, 0.5) is 5.69 Å². The lowest BCUT2D eigenvalue weighted by Crippen LogP contribution is -2.43. The Hall–Kier alpha value is -2.68. The van der Waals surface area contributed by atoms with Gasteiger partial charge in [-0.1, -0.05) is 6.07 Å². The van der Waals surface area contributed by atoms with E-state index in [0.29, 0.717) is 0 Å². The number of aliphatic hydroxyl groups excluding tert-OH is 1. The van der Waals surface area contributed by atoms with Crippen LogP contribution in [-0.2, 0) is 4.79 Å². The molecule has 1 unspecified atom stereocenters. The van der Waals surface area contributed by atoms with Crippen LogP contribution in [0.5, 0.6) is 5.75 Å². The molecule has 0 radical (unpaired) electrons. The maximum absolute atomic E-state index is 12.0. The van der Waals surface area contributed by atoms with Crippen LogP contribution in [0.3, 0.4) is 0 Å². The highest BCUT2D eigenvalue weighted by Crippen LogP contribution is 2.30. The predicted molar refractivity (Wildman–Crippen MR) is 70.2 cm³/mol. The van der Waals surface area contributed by atoms with Gasteiger partial charge in [0.1, 0.15) is 0 Å². The first-order valence-corrected chi connectivity index (χ1v) is 5.97. The van der Waals surface area contributed by atoms with Crippen molar-refractivity contribution in [2.24, 2.45) is 0 Å². The minimum absolute atomic E-state index is 0.0908. The van der Waals surface area contributed by atoms with Gasteiger partial charge >= 0.3 is 11.7 Å². The number of carbonyl (C=O) groups is 2. The Bertz CT molecular complexity index is 559. The molecule has 0 fully saturated rings. The third-order valence-electron chi connectivity index (χ3n) is 2.51. The number of aliphatic carboxylic acids is 1. The molecular formula is C12H14N2O7. The Morgan fingerprint density at radius 3 is 2.62 bits per heavy atom. The van der Waals surface area contributed by atoms with Crippen LogP contribution in [0.25, 0.3) is 0 Å². The summed E-state index contributed by atoms with van der Waals surface area (Å²) in [5.41, 5.74) is -0.578. The summed E-state index contributed by atoms with van der Waals surface area (Å²) in [5, 5.41) is 30.6. The second-order valence-electron chi connectivity index (χ2n) is 3.89. The molecule has 21 heavy (non-hydrogen) atoms. The van der Waals surface area contributed by atoms with E-state index in [1.54, 1.807) is 6.92 Å². The molecule has 3 N–H and O–H groups in total. The van der Waals surface area contributed by atoms with E-state index in [-0.39, 0.29) is 17.9 Å². The number of nitro groups is 1. The molecular weight excluding hydrogens is 284 g/mol. The molecule has 1 atom stereocenters. The van der Waals surface area contributed by atoms with E-state index in [1.165, 1.54) is 18.2 Å². The van der Waals surface area contributed by atoms with E-state index in [2.05, 4.69) is 5.32 Å². The van der Waals surface area contributed by atoms with Gasteiger partial charge in [0.05, 0.1) is 23.7 Å². The average Bonchev–Trinajstić information content (AvgIpc) is 2.44. The topological polar surface area (TPSA) is 139 Å². The lowest BCUT2D eigenvalue weighted by Gasteiger charge is -2.14. The van der Waals surface area contributed by atoms with Crippen LogP contribution in [-0.4, -0.2) is 46.3 Å². The summed E-state index contributed by atoms with van der Waals surface area (Å²) in [6.07, 6.45) is 0. The molecule has 0 spiro atoms. The van der Waals surface area contributed by atoms with Crippen molar-refractivity contribution in [3.05, 3.63) is 33.9 Å². The number of benzene rings is 1. The Kier molecular flexibility index (Phi) is 5.61. The quantitative estimate of drug-likeness (QED) is 0.481. The molecule has 0 saturated heterocycles. The summed E-state index contributed by atoms with van der Waals surface area (Å²) >= 11 is 0. The number of nitrogens with one attached hydrogen (secondary N) is 1. The fraction of sp³-hybridized carbons (Fsp3) is 0.333. The number of rotatable bonds is 7. The number of para-hydroxylation sites is 1. The van der Waals surface area contributed by atoms with Gasteiger partial charge in [-0.15, -0.1) is 0 Å². The van der Waals surface area contributed by atoms with Crippen LogP contribution >= 0.6 is 0 Å². The van der Waals surface area contributed by atoms with E-state index in [4.69, 9.17) is 14.9 Å². The zero-order chi connectivity index (χ0) is 16.0. The summed E-state index contributed by atoms with van der Waals surface area (Å²) < 4.78 is 5.11. The fourth-order valence-corrected chi connectivity index (χ4v) is 1.56. The van der Waals surface area contributed by atoms with E-state index >= 15 is 0 Å². The molecule has 9 heteroatoms. The molecule has 0 saturated carbocycles. The van der Waals surface area contributed by atoms with Crippen molar-refractivity contribution in [3.63, 3.8) is 0 Å². The van der Waals surface area contributed by atoms with E-state index in [0.717, 1.165) is 0 Å². The highest BCUT2D eigenvalue weighted by Gasteiger charge is 2.26. The lowest BCUT2D eigenvalue weighted by molar-refractivity contribution is -0.385. The predicted octanol–water partition coefficient (Wildman–Crippen LogP) is 0.169. The summed E-state index contributed by atoms with van der Waals surface area (Å²) in [6, 6.07) is 2.21. The van der Waals surface area contributed by atoms with Crippen molar-refractivity contribution in [1.82, 2.24) is 5.32 Å². The van der Waals surface area contributed by atoms with Gasteiger partial charge in [-0.05, 0) is 13.0 Å². The molecule has 1 rings (SSSR count). The van der Waals surface area contributed by atoms with Crippen LogP contribution in [0.15, 0.2) is 18.2 Å². The summed E-state index contributed by atoms with van der Waals surface area (Å²) in [4.78, 5) is 33.0. The number of amides is 1. The first kappa shape index (κ1) is 16.4. The maximum atomic E-state index is 12.0. The van der Waals surface area contributed by atoms with Gasteiger partial charge < -0.3 is 20.3 Å². The second-order valence-corrected chi connectivity index (χ2v) is 3.89. The highest BCUT2D eigenvalue weighted by molar-refractivity contribution is 6.00. The Morgan fingerprint density at radius 1 is 1.48 bits per heavy atom. The zero-order valence-corrected chi connectivity index (χ0v) is 11.1. The molecule has 0 bridgehead atoms. The Balaban J connectivity index is 3.16. The van der Waals surface area contributed by atoms with Crippen molar-refractivity contribution in [3.8, 4) is 5.75 Å². The Morgan fingerprint density at radius 2 is 2.14 bits per heavy atom. The molecule has 1 aromatic rings. The number of nitro benzene ring substituents is 1. The molecule has 0 aliphatic heterocycles. The standard InChI is InChI=1S/C12H14N2O7/c1-2-21-10-7(4-3-5-9(10)14(19)20)11(16)13-8(6-15)12(17)18/h3-5,8,15H,2,6H2,1H3,(H,13,16)(H,17,18). The van der Waals surface area contributed by atoms with Crippen molar-refractivity contribution < 1.29 is 29.5 Å². The molecule has 1 aromatic carbocycles. The van der Waals surface area contributed by atoms with Crippen molar-refractivity contribution in [2.45, 2.75) is 13.0 Å². The molecule has 0 aliphatic carbocycles. The van der Waals surface area contributed by atoms with Gasteiger partial charge in [-0.3, -0.25) is 14.9 Å². The number of carbonyl (C=O) groups excluding carboxylic acids is 1. The number of ether oxygens (including phenoxy) is 1. The number of hydrogen-bond donors (Lipinski definition) is 3. The van der Waals surface area contributed by atoms with Crippen LogP contribution in [0, 0.1) is 10.1 Å². The van der Waals surface area contributed by atoms with Crippen molar-refractivity contribution >= 4 is 17.6 Å². The van der Waals surface area contributed by atoms with Gasteiger partial charge in [-0.25, -0.2) is 4.79 Å². The summed E-state index contributed by atoms with van der Waals surface area (Å²) in [5.74, 6) is -2.55. The van der Waals surface area contributed by atoms with Gasteiger partial charge in [0, 0.05) is 6.07 Å². The molecule has 9 nitrogen and oxygen atoms in total. The number of carboxylic acids is 1. The fourth-order valence-electron chi connectivity index (χ4n) is 1.56. The number of nitrogens with zero attached hydrogens (tertiary/aromatic N) is 1. The number of carboxylic acid groups (broad SMARTS) is 1. The molecule has 0 aromatic heterocycles. The SMILES string of the molecule is CCOc1c(C(=O)NC(CO)C(=O)O)cccc1[N+](=O)[O-]. The van der Waals surface area contributed by atoms with Crippen LogP contribution in [0.2, 0.25) is 0 Å². The smallest absolute Gasteiger partial charge is 0.328 e. The molecule has 0 heterocycles. The van der Waals surface area contributed by atoms with Crippen molar-refractivity contribution in [1.29, 1.82) is 0 Å².